The molecule has 1 rings (SSSR count). The van der Waals surface area contributed by atoms with Crippen LogP contribution in [0.2, 0.25) is 0 Å². The van der Waals surface area contributed by atoms with Gasteiger partial charge in [0.05, 0.1) is 18.5 Å². The third-order valence-corrected chi connectivity index (χ3v) is 3.31. The highest BCUT2D eigenvalue weighted by Crippen LogP contribution is 2.01. The van der Waals surface area contributed by atoms with Crippen LogP contribution in [0.25, 0.3) is 0 Å². The Morgan fingerprint density at radius 3 is 2.87 bits per heavy atom. The lowest BCUT2D eigenvalue weighted by Crippen LogP contribution is -2.45. The minimum Gasteiger partial charge on any atom is -0.374 e. The molecule has 0 bridgehead atoms. The SMILES string of the molecule is CN1CCO[C@@H](CNCCS(C)(=O)=O)C1. The van der Waals surface area contributed by atoms with Crippen molar-refractivity contribution in [1.82, 2.24) is 10.2 Å². The molecule has 90 valence electrons. The largest absolute Gasteiger partial charge is 0.374 e. The third-order valence-electron chi connectivity index (χ3n) is 2.36. The Morgan fingerprint density at radius 1 is 1.53 bits per heavy atom. The molecule has 0 radical (unpaired) electrons. The van der Waals surface area contributed by atoms with Crippen molar-refractivity contribution >= 4 is 9.84 Å². The Morgan fingerprint density at radius 2 is 2.27 bits per heavy atom. The van der Waals surface area contributed by atoms with E-state index >= 15 is 0 Å². The van der Waals surface area contributed by atoms with Crippen LogP contribution in [0.4, 0.5) is 0 Å². The summed E-state index contributed by atoms with van der Waals surface area (Å²) in [5.41, 5.74) is 0. The molecule has 1 aliphatic heterocycles. The van der Waals surface area contributed by atoms with Gasteiger partial charge in [0.1, 0.15) is 9.84 Å². The molecule has 0 saturated carbocycles. The van der Waals surface area contributed by atoms with Crippen molar-refractivity contribution in [3.63, 3.8) is 0 Å². The van der Waals surface area contributed by atoms with Gasteiger partial charge in [-0.3, -0.25) is 0 Å². The van der Waals surface area contributed by atoms with E-state index in [-0.39, 0.29) is 11.9 Å². The van der Waals surface area contributed by atoms with E-state index in [1.807, 2.05) is 0 Å². The molecular formula is C9H20N2O3S. The summed E-state index contributed by atoms with van der Waals surface area (Å²) >= 11 is 0. The first-order valence-electron chi connectivity index (χ1n) is 5.16. The summed E-state index contributed by atoms with van der Waals surface area (Å²) in [5.74, 6) is 0.190. The fourth-order valence-electron chi connectivity index (χ4n) is 1.51. The molecule has 5 nitrogen and oxygen atoms in total. The molecule has 0 aromatic heterocycles. The first-order chi connectivity index (χ1) is 6.97. The molecule has 0 aromatic rings. The molecule has 0 spiro atoms. The first kappa shape index (κ1) is 12.9. The van der Waals surface area contributed by atoms with Crippen LogP contribution in [0.5, 0.6) is 0 Å². The van der Waals surface area contributed by atoms with Gasteiger partial charge in [-0.15, -0.1) is 0 Å². The molecule has 1 saturated heterocycles. The Bertz CT molecular complexity index is 279. The summed E-state index contributed by atoms with van der Waals surface area (Å²) in [5, 5.41) is 3.10. The van der Waals surface area contributed by atoms with Gasteiger partial charge in [0.15, 0.2) is 0 Å². The smallest absolute Gasteiger partial charge is 0.148 e. The van der Waals surface area contributed by atoms with Crippen molar-refractivity contribution < 1.29 is 13.2 Å². The summed E-state index contributed by atoms with van der Waals surface area (Å²) in [6.07, 6.45) is 1.43. The quantitative estimate of drug-likeness (QED) is 0.617. The zero-order valence-electron chi connectivity index (χ0n) is 9.40. The second-order valence-corrected chi connectivity index (χ2v) is 6.35. The van der Waals surface area contributed by atoms with Gasteiger partial charge in [0.2, 0.25) is 0 Å². The topological polar surface area (TPSA) is 58.6 Å². The normalized spacial score (nSPS) is 24.3. The zero-order chi connectivity index (χ0) is 11.3. The Labute approximate surface area is 91.7 Å². The molecule has 0 amide bonds. The van der Waals surface area contributed by atoms with Crippen LogP contribution in [0.1, 0.15) is 0 Å². The van der Waals surface area contributed by atoms with Gasteiger partial charge in [0.25, 0.3) is 0 Å². The van der Waals surface area contributed by atoms with E-state index in [1.54, 1.807) is 0 Å². The number of sulfone groups is 1. The Hall–Kier alpha value is -0.170. The fraction of sp³-hybridized carbons (Fsp3) is 1.00. The average Bonchev–Trinajstić information content (AvgIpc) is 2.11. The molecule has 6 heteroatoms. The minimum atomic E-state index is -2.85. The number of hydrogen-bond donors (Lipinski definition) is 1. The predicted molar refractivity (Wildman–Crippen MR) is 59.8 cm³/mol. The molecule has 0 aliphatic carbocycles. The fourth-order valence-corrected chi connectivity index (χ4v) is 2.03. The number of nitrogens with one attached hydrogen (secondary N) is 1. The zero-order valence-corrected chi connectivity index (χ0v) is 10.2. The van der Waals surface area contributed by atoms with Crippen molar-refractivity contribution in [1.29, 1.82) is 0 Å². The maximum atomic E-state index is 10.9. The van der Waals surface area contributed by atoms with Crippen molar-refractivity contribution in [3.05, 3.63) is 0 Å². The van der Waals surface area contributed by atoms with Gasteiger partial charge < -0.3 is 15.0 Å². The van der Waals surface area contributed by atoms with Gasteiger partial charge in [-0.05, 0) is 7.05 Å². The van der Waals surface area contributed by atoms with Crippen molar-refractivity contribution in [3.8, 4) is 0 Å². The van der Waals surface area contributed by atoms with E-state index in [0.717, 1.165) is 26.2 Å². The van der Waals surface area contributed by atoms with E-state index in [9.17, 15) is 8.42 Å². The van der Waals surface area contributed by atoms with Crippen LogP contribution >= 0.6 is 0 Å². The highest BCUT2D eigenvalue weighted by atomic mass is 32.2. The Kier molecular flexibility index (Phi) is 4.98. The second-order valence-electron chi connectivity index (χ2n) is 4.09. The van der Waals surface area contributed by atoms with Gasteiger partial charge in [-0.1, -0.05) is 0 Å². The molecule has 1 aliphatic rings. The van der Waals surface area contributed by atoms with Crippen LogP contribution < -0.4 is 5.32 Å². The van der Waals surface area contributed by atoms with E-state index in [2.05, 4.69) is 17.3 Å². The van der Waals surface area contributed by atoms with E-state index in [1.165, 1.54) is 6.26 Å². The maximum Gasteiger partial charge on any atom is 0.148 e. The van der Waals surface area contributed by atoms with Gasteiger partial charge in [-0.2, -0.15) is 0 Å². The van der Waals surface area contributed by atoms with Crippen LogP contribution in [-0.4, -0.2) is 71.3 Å². The lowest BCUT2D eigenvalue weighted by molar-refractivity contribution is -0.0178. The lowest BCUT2D eigenvalue weighted by atomic mass is 10.3. The monoisotopic (exact) mass is 236 g/mol. The number of nitrogens with zero attached hydrogens (tertiary/aromatic N) is 1. The number of ether oxygens (including phenoxy) is 1. The third kappa shape index (κ3) is 6.09. The number of morpholine rings is 1. The standard InChI is InChI=1S/C9H20N2O3S/c1-11-4-5-14-9(8-11)7-10-3-6-15(2,12)13/h9-10H,3-8H2,1-2H3/t9-/m0/s1. The molecule has 15 heavy (non-hydrogen) atoms. The number of rotatable bonds is 5. The molecule has 0 unspecified atom stereocenters. The van der Waals surface area contributed by atoms with Crippen molar-refractivity contribution in [2.45, 2.75) is 6.10 Å². The summed E-state index contributed by atoms with van der Waals surface area (Å²) in [7, 11) is -0.790. The highest BCUT2D eigenvalue weighted by Gasteiger charge is 2.16. The van der Waals surface area contributed by atoms with Gasteiger partial charge in [0, 0.05) is 32.4 Å². The highest BCUT2D eigenvalue weighted by molar-refractivity contribution is 7.90. The first-order valence-corrected chi connectivity index (χ1v) is 7.22. The van der Waals surface area contributed by atoms with Crippen LogP contribution in [0.15, 0.2) is 0 Å². The predicted octanol–water partition coefficient (Wildman–Crippen LogP) is -1.05. The second kappa shape index (κ2) is 5.79. The number of likely N-dealkylation sites (N-methyl/N-ethyl adjacent to an activating group) is 1. The maximum absolute atomic E-state index is 10.9. The van der Waals surface area contributed by atoms with E-state index in [4.69, 9.17) is 4.74 Å². The molecule has 1 N–H and O–H groups in total. The molecule has 0 aromatic carbocycles. The molecule has 1 fully saturated rings. The summed E-state index contributed by atoms with van der Waals surface area (Å²) in [6.45, 7) is 3.86. The minimum absolute atomic E-state index is 0.184. The van der Waals surface area contributed by atoms with Crippen molar-refractivity contribution in [2.75, 3.05) is 51.8 Å². The molecule has 1 atom stereocenters. The van der Waals surface area contributed by atoms with Crippen LogP contribution in [0, 0.1) is 0 Å². The summed E-state index contributed by atoms with van der Waals surface area (Å²) < 4.78 is 27.2. The van der Waals surface area contributed by atoms with Crippen molar-refractivity contribution in [2.24, 2.45) is 0 Å². The summed E-state index contributed by atoms with van der Waals surface area (Å²) in [6, 6.07) is 0. The summed E-state index contributed by atoms with van der Waals surface area (Å²) in [4.78, 5) is 2.21. The van der Waals surface area contributed by atoms with Gasteiger partial charge in [-0.25, -0.2) is 8.42 Å². The number of hydrogen-bond acceptors (Lipinski definition) is 5. The van der Waals surface area contributed by atoms with Gasteiger partial charge >= 0.3 is 0 Å². The Balaban J connectivity index is 2.09. The average molecular weight is 236 g/mol. The van der Waals surface area contributed by atoms with Crippen LogP contribution in [-0.2, 0) is 14.6 Å². The van der Waals surface area contributed by atoms with E-state index < -0.39 is 9.84 Å². The molecule has 1 heterocycles. The lowest BCUT2D eigenvalue weighted by Gasteiger charge is -2.30. The van der Waals surface area contributed by atoms with E-state index in [0.29, 0.717) is 6.54 Å². The molecular weight excluding hydrogens is 216 g/mol. The van der Waals surface area contributed by atoms with Crippen LogP contribution in [0.3, 0.4) is 0 Å².